The number of fused-ring (bicyclic) bond motifs is 2. The first-order valence-corrected chi connectivity index (χ1v) is 12.9. The summed E-state index contributed by atoms with van der Waals surface area (Å²) in [4.78, 5) is 27.9. The van der Waals surface area contributed by atoms with Crippen molar-refractivity contribution in [1.82, 2.24) is 10.3 Å². The first-order valence-electron chi connectivity index (χ1n) is 11.4. The highest BCUT2D eigenvalue weighted by Crippen LogP contribution is 2.29. The smallest absolute Gasteiger partial charge is 0.339 e. The van der Waals surface area contributed by atoms with Gasteiger partial charge in [0.2, 0.25) is 0 Å². The highest BCUT2D eigenvalue weighted by atomic mass is 32.2. The Morgan fingerprint density at radius 3 is 2.54 bits per heavy atom. The minimum absolute atomic E-state index is 0.0521. The molecule has 1 aliphatic rings. The topological polar surface area (TPSA) is 121 Å². The molecule has 1 aliphatic heterocycles. The zero-order valence-electron chi connectivity index (χ0n) is 19.8. The largest absolute Gasteiger partial charge is 0.493 e. The molecule has 37 heavy (non-hydrogen) atoms. The number of hydrogen-bond donors (Lipinski definition) is 1. The van der Waals surface area contributed by atoms with E-state index in [1.165, 1.54) is 18.3 Å². The van der Waals surface area contributed by atoms with E-state index in [1.807, 2.05) is 0 Å². The highest BCUT2D eigenvalue weighted by molar-refractivity contribution is 7.87. The number of hydrogen-bond acceptors (Lipinski definition) is 8. The molecule has 2 heterocycles. The standard InChI is InChI=1S/C27H22N2O7S/c1-17-13-19(34-11-4-12-35-23-7-3-6-22-25(23)27(31)29-26(22)30)15-20(14-17)36-37(32,33)24-8-2-5-18-16-28-10-9-21(18)24/h2-3,5-10,13-16H,4,11-12H2,1H3,(H,29,30,31). The molecule has 5 rings (SSSR count). The van der Waals surface area contributed by atoms with Gasteiger partial charge in [-0.25, -0.2) is 0 Å². The van der Waals surface area contributed by atoms with Crippen LogP contribution in [-0.2, 0) is 10.1 Å². The molecule has 4 aromatic rings. The molecule has 9 nitrogen and oxygen atoms in total. The Labute approximate surface area is 213 Å². The van der Waals surface area contributed by atoms with Gasteiger partial charge in [-0.15, -0.1) is 0 Å². The fourth-order valence-corrected chi connectivity index (χ4v) is 5.21. The average Bonchev–Trinajstić information content (AvgIpc) is 3.16. The van der Waals surface area contributed by atoms with Crippen LogP contribution in [0.4, 0.5) is 0 Å². The Kier molecular flexibility index (Phi) is 6.49. The van der Waals surface area contributed by atoms with E-state index in [-0.39, 0.29) is 29.4 Å². The zero-order valence-corrected chi connectivity index (χ0v) is 20.6. The second-order valence-corrected chi connectivity index (χ2v) is 9.90. The van der Waals surface area contributed by atoms with E-state index < -0.39 is 21.9 Å². The monoisotopic (exact) mass is 518 g/mol. The van der Waals surface area contributed by atoms with Crippen molar-refractivity contribution in [3.8, 4) is 17.2 Å². The van der Waals surface area contributed by atoms with E-state index in [1.54, 1.807) is 61.7 Å². The maximum atomic E-state index is 13.0. The van der Waals surface area contributed by atoms with Gasteiger partial charge < -0.3 is 13.7 Å². The molecule has 0 saturated carbocycles. The van der Waals surface area contributed by atoms with Gasteiger partial charge >= 0.3 is 10.1 Å². The molecule has 0 bridgehead atoms. The lowest BCUT2D eigenvalue weighted by atomic mass is 10.1. The van der Waals surface area contributed by atoms with Crippen LogP contribution in [0, 0.1) is 6.92 Å². The van der Waals surface area contributed by atoms with E-state index in [4.69, 9.17) is 13.7 Å². The number of rotatable bonds is 9. The Hall–Kier alpha value is -4.44. The van der Waals surface area contributed by atoms with Crippen molar-refractivity contribution < 1.29 is 31.7 Å². The summed E-state index contributed by atoms with van der Waals surface area (Å²) in [6.07, 6.45) is 3.60. The number of nitrogens with one attached hydrogen (secondary N) is 1. The fourth-order valence-electron chi connectivity index (χ4n) is 4.07. The van der Waals surface area contributed by atoms with Crippen molar-refractivity contribution >= 4 is 32.7 Å². The molecule has 0 fully saturated rings. The summed E-state index contributed by atoms with van der Waals surface area (Å²) in [5.41, 5.74) is 1.29. The Morgan fingerprint density at radius 2 is 1.68 bits per heavy atom. The summed E-state index contributed by atoms with van der Waals surface area (Å²) in [5.74, 6) is -0.00719. The molecule has 1 aromatic heterocycles. The predicted octanol–water partition coefficient (Wildman–Crippen LogP) is 4.04. The summed E-state index contributed by atoms with van der Waals surface area (Å²) in [6.45, 7) is 2.32. The van der Waals surface area contributed by atoms with Gasteiger partial charge in [-0.2, -0.15) is 8.42 Å². The third-order valence-electron chi connectivity index (χ3n) is 5.68. The summed E-state index contributed by atoms with van der Waals surface area (Å²) in [5, 5.41) is 3.46. The molecule has 0 aliphatic carbocycles. The van der Waals surface area contributed by atoms with Crippen LogP contribution in [-0.4, -0.2) is 38.4 Å². The lowest BCUT2D eigenvalue weighted by molar-refractivity contribution is 0.0878. The Balaban J connectivity index is 1.22. The number of benzene rings is 3. The van der Waals surface area contributed by atoms with Crippen molar-refractivity contribution in [2.24, 2.45) is 0 Å². The minimum atomic E-state index is -4.11. The lowest BCUT2D eigenvalue weighted by Crippen LogP contribution is -2.20. The number of pyridine rings is 1. The van der Waals surface area contributed by atoms with Gasteiger partial charge in [0.25, 0.3) is 11.8 Å². The fraction of sp³-hybridized carbons (Fsp3) is 0.148. The number of amides is 2. The number of carbonyl (C=O) groups excluding carboxylic acids is 2. The van der Waals surface area contributed by atoms with Crippen molar-refractivity contribution in [3.63, 3.8) is 0 Å². The van der Waals surface area contributed by atoms with Crippen molar-refractivity contribution in [2.75, 3.05) is 13.2 Å². The second-order valence-electron chi connectivity index (χ2n) is 8.38. The zero-order chi connectivity index (χ0) is 26.0. The Bertz CT molecular complexity index is 1630. The Morgan fingerprint density at radius 1 is 0.892 bits per heavy atom. The number of ether oxygens (including phenoxy) is 2. The molecule has 1 N–H and O–H groups in total. The number of nitrogens with zero attached hydrogens (tertiary/aromatic N) is 1. The van der Waals surface area contributed by atoms with E-state index >= 15 is 0 Å². The summed E-state index contributed by atoms with van der Waals surface area (Å²) in [7, 11) is -4.11. The van der Waals surface area contributed by atoms with E-state index in [0.717, 1.165) is 5.56 Å². The molecule has 0 radical (unpaired) electrons. The average molecular weight is 519 g/mol. The second kappa shape index (κ2) is 9.90. The van der Waals surface area contributed by atoms with Gasteiger partial charge in [-0.3, -0.25) is 19.9 Å². The summed E-state index contributed by atoms with van der Waals surface area (Å²) < 4.78 is 43.0. The molecule has 0 unspecified atom stereocenters. The molecule has 188 valence electrons. The lowest BCUT2D eigenvalue weighted by Gasteiger charge is -2.13. The molecule has 0 atom stereocenters. The molecular weight excluding hydrogens is 496 g/mol. The molecular formula is C27H22N2O7S. The van der Waals surface area contributed by atoms with Crippen LogP contribution in [0.1, 0.15) is 32.7 Å². The normalized spacial score (nSPS) is 12.8. The molecule has 2 amide bonds. The first-order chi connectivity index (χ1) is 17.8. The highest BCUT2D eigenvalue weighted by Gasteiger charge is 2.30. The van der Waals surface area contributed by atoms with Crippen molar-refractivity contribution in [2.45, 2.75) is 18.2 Å². The van der Waals surface area contributed by atoms with Gasteiger partial charge in [-0.1, -0.05) is 18.2 Å². The predicted molar refractivity (Wildman–Crippen MR) is 135 cm³/mol. The summed E-state index contributed by atoms with van der Waals surface area (Å²) in [6, 6.07) is 16.3. The van der Waals surface area contributed by atoms with E-state index in [2.05, 4.69) is 10.3 Å². The molecule has 3 aromatic carbocycles. The molecule has 10 heteroatoms. The number of imide groups is 1. The third kappa shape index (κ3) is 5.10. The minimum Gasteiger partial charge on any atom is -0.493 e. The van der Waals surface area contributed by atoms with Crippen molar-refractivity contribution in [1.29, 1.82) is 0 Å². The number of carbonyl (C=O) groups is 2. The van der Waals surface area contributed by atoms with Crippen LogP contribution in [0.15, 0.2) is 78.0 Å². The van der Waals surface area contributed by atoms with Gasteiger partial charge in [0.15, 0.2) is 0 Å². The van der Waals surface area contributed by atoms with Gasteiger partial charge in [0.1, 0.15) is 22.1 Å². The number of aromatic nitrogens is 1. The van der Waals surface area contributed by atoms with Crippen LogP contribution in [0.5, 0.6) is 17.2 Å². The van der Waals surface area contributed by atoms with Crippen LogP contribution in [0.3, 0.4) is 0 Å². The molecule has 0 saturated heterocycles. The number of aryl methyl sites for hydroxylation is 1. The van der Waals surface area contributed by atoms with Gasteiger partial charge in [-0.05, 0) is 48.9 Å². The maximum Gasteiger partial charge on any atom is 0.339 e. The van der Waals surface area contributed by atoms with Gasteiger partial charge in [0.05, 0.1) is 24.3 Å². The molecule has 0 spiro atoms. The van der Waals surface area contributed by atoms with E-state index in [9.17, 15) is 18.0 Å². The van der Waals surface area contributed by atoms with Crippen LogP contribution in [0.25, 0.3) is 10.8 Å². The first kappa shape index (κ1) is 24.3. The van der Waals surface area contributed by atoms with Crippen LogP contribution in [0.2, 0.25) is 0 Å². The maximum absolute atomic E-state index is 13.0. The third-order valence-corrected chi connectivity index (χ3v) is 6.99. The van der Waals surface area contributed by atoms with Crippen LogP contribution < -0.4 is 19.0 Å². The van der Waals surface area contributed by atoms with Crippen molar-refractivity contribution in [3.05, 3.63) is 89.7 Å². The van der Waals surface area contributed by atoms with Crippen LogP contribution >= 0.6 is 0 Å². The SMILES string of the molecule is Cc1cc(OCCCOc2cccc3c2C(=O)NC3=O)cc(OS(=O)(=O)c2cccc3cnccc23)c1. The quantitative estimate of drug-likeness (QED) is 0.200. The van der Waals surface area contributed by atoms with E-state index in [0.29, 0.717) is 34.3 Å². The van der Waals surface area contributed by atoms with Gasteiger partial charge in [0, 0.05) is 35.7 Å². The summed E-state index contributed by atoms with van der Waals surface area (Å²) >= 11 is 0.